The summed E-state index contributed by atoms with van der Waals surface area (Å²) >= 11 is 0. The molecule has 132 valence electrons. The van der Waals surface area contributed by atoms with E-state index in [1.807, 2.05) is 45.0 Å². The van der Waals surface area contributed by atoms with Crippen LogP contribution in [0.15, 0.2) is 36.4 Å². The zero-order valence-electron chi connectivity index (χ0n) is 15.3. The van der Waals surface area contributed by atoms with E-state index in [9.17, 15) is 9.59 Å². The van der Waals surface area contributed by atoms with Crippen molar-refractivity contribution in [3.63, 3.8) is 0 Å². The molecule has 2 aromatic carbocycles. The predicted molar refractivity (Wildman–Crippen MR) is 101 cm³/mol. The minimum absolute atomic E-state index is 0.0397. The normalized spacial score (nSPS) is 10.3. The van der Waals surface area contributed by atoms with Gasteiger partial charge in [0.1, 0.15) is 5.75 Å². The zero-order chi connectivity index (χ0) is 18.6. The molecule has 0 fully saturated rings. The molecule has 5 heteroatoms. The van der Waals surface area contributed by atoms with E-state index in [1.54, 1.807) is 24.3 Å². The molecule has 0 aromatic heterocycles. The molecule has 0 atom stereocenters. The highest BCUT2D eigenvalue weighted by atomic mass is 16.5. The average Bonchev–Trinajstić information content (AvgIpc) is 2.56. The van der Waals surface area contributed by atoms with Crippen molar-refractivity contribution in [2.24, 2.45) is 0 Å². The third-order valence-electron chi connectivity index (χ3n) is 3.91. The van der Waals surface area contributed by atoms with Crippen LogP contribution in [0.2, 0.25) is 0 Å². The molecule has 2 aromatic rings. The maximum absolute atomic E-state index is 12.2. The van der Waals surface area contributed by atoms with Crippen LogP contribution in [0, 0.1) is 13.8 Å². The first-order valence-corrected chi connectivity index (χ1v) is 8.10. The maximum Gasteiger partial charge on any atom is 0.262 e. The highest BCUT2D eigenvalue weighted by Crippen LogP contribution is 2.26. The average molecular weight is 340 g/mol. The third kappa shape index (κ3) is 4.83. The van der Waals surface area contributed by atoms with Crippen LogP contribution >= 0.6 is 0 Å². The number of Topliss-reactive ketones (excluding diaryl/α,β-unsaturated/α-hetero) is 1. The highest BCUT2D eigenvalue weighted by molar-refractivity contribution is 5.95. The zero-order valence-corrected chi connectivity index (χ0v) is 15.3. The van der Waals surface area contributed by atoms with Gasteiger partial charge < -0.3 is 15.0 Å². The van der Waals surface area contributed by atoms with Gasteiger partial charge in [0.05, 0.1) is 0 Å². The van der Waals surface area contributed by atoms with Gasteiger partial charge in [0.15, 0.2) is 12.4 Å². The number of hydrogen-bond acceptors (Lipinski definition) is 4. The van der Waals surface area contributed by atoms with Crippen molar-refractivity contribution in [3.05, 3.63) is 53.1 Å². The lowest BCUT2D eigenvalue weighted by Gasteiger charge is -2.18. The lowest BCUT2D eigenvalue weighted by Crippen LogP contribution is -2.21. The standard InChI is InChI=1S/C20H24N2O3/c1-13-9-17(22(4)5)10-14(2)20(13)21-19(24)12-25-18-8-6-7-16(11-18)15(3)23/h6-11H,12H2,1-5H3,(H,21,24). The smallest absolute Gasteiger partial charge is 0.262 e. The molecule has 0 aliphatic carbocycles. The van der Waals surface area contributed by atoms with Gasteiger partial charge in [-0.2, -0.15) is 0 Å². The van der Waals surface area contributed by atoms with Crippen LogP contribution in [0.25, 0.3) is 0 Å². The highest BCUT2D eigenvalue weighted by Gasteiger charge is 2.11. The Morgan fingerprint density at radius 1 is 1.08 bits per heavy atom. The van der Waals surface area contributed by atoms with E-state index in [0.29, 0.717) is 11.3 Å². The first kappa shape index (κ1) is 18.5. The number of rotatable bonds is 6. The molecule has 1 amide bonds. The Labute approximate surface area is 148 Å². The fourth-order valence-electron chi connectivity index (χ4n) is 2.53. The second-order valence-corrected chi connectivity index (χ2v) is 6.27. The van der Waals surface area contributed by atoms with Crippen molar-refractivity contribution in [2.75, 3.05) is 30.9 Å². The van der Waals surface area contributed by atoms with Crippen molar-refractivity contribution in [3.8, 4) is 5.75 Å². The molecule has 0 saturated heterocycles. The van der Waals surface area contributed by atoms with Gasteiger partial charge >= 0.3 is 0 Å². The van der Waals surface area contributed by atoms with Crippen molar-refractivity contribution < 1.29 is 14.3 Å². The molecule has 5 nitrogen and oxygen atoms in total. The Bertz CT molecular complexity index is 774. The Balaban J connectivity index is 2.03. The van der Waals surface area contributed by atoms with Crippen molar-refractivity contribution in [2.45, 2.75) is 20.8 Å². The number of ketones is 1. The van der Waals surface area contributed by atoms with Crippen LogP contribution < -0.4 is 15.0 Å². The predicted octanol–water partition coefficient (Wildman–Crippen LogP) is 3.59. The summed E-state index contributed by atoms with van der Waals surface area (Å²) in [6, 6.07) is 10.9. The summed E-state index contributed by atoms with van der Waals surface area (Å²) < 4.78 is 5.50. The van der Waals surface area contributed by atoms with E-state index in [1.165, 1.54) is 6.92 Å². The second kappa shape index (κ2) is 7.83. The number of benzene rings is 2. The van der Waals surface area contributed by atoms with Gasteiger partial charge in [-0.1, -0.05) is 12.1 Å². The molecule has 0 saturated carbocycles. The summed E-state index contributed by atoms with van der Waals surface area (Å²) in [6.45, 7) is 5.31. The molecule has 0 unspecified atom stereocenters. The first-order valence-electron chi connectivity index (χ1n) is 8.10. The van der Waals surface area contributed by atoms with Gasteiger partial charge in [0, 0.05) is 31.0 Å². The number of nitrogens with one attached hydrogen (secondary N) is 1. The number of aryl methyl sites for hydroxylation is 2. The molecule has 0 spiro atoms. The molecule has 1 N–H and O–H groups in total. The molecule has 0 aliphatic rings. The summed E-state index contributed by atoms with van der Waals surface area (Å²) in [7, 11) is 3.96. The molecular weight excluding hydrogens is 316 g/mol. The Hall–Kier alpha value is -2.82. The van der Waals surface area contributed by atoms with E-state index < -0.39 is 0 Å². The largest absolute Gasteiger partial charge is 0.484 e. The number of nitrogens with zero attached hydrogens (tertiary/aromatic N) is 1. The number of amides is 1. The van der Waals surface area contributed by atoms with Gasteiger partial charge in [-0.15, -0.1) is 0 Å². The van der Waals surface area contributed by atoms with Gasteiger partial charge in [-0.25, -0.2) is 0 Å². The fourth-order valence-corrected chi connectivity index (χ4v) is 2.53. The van der Waals surface area contributed by atoms with Crippen LogP contribution in [0.5, 0.6) is 5.75 Å². The first-order chi connectivity index (χ1) is 11.8. The minimum Gasteiger partial charge on any atom is -0.484 e. The van der Waals surface area contributed by atoms with E-state index in [2.05, 4.69) is 5.32 Å². The van der Waals surface area contributed by atoms with Crippen molar-refractivity contribution in [1.29, 1.82) is 0 Å². The van der Waals surface area contributed by atoms with Crippen LogP contribution in [0.1, 0.15) is 28.4 Å². The maximum atomic E-state index is 12.2. The molecule has 25 heavy (non-hydrogen) atoms. The molecule has 2 rings (SSSR count). The Morgan fingerprint density at radius 3 is 2.28 bits per heavy atom. The Kier molecular flexibility index (Phi) is 5.80. The molecule has 0 aliphatic heterocycles. The fraction of sp³-hybridized carbons (Fsp3) is 0.300. The summed E-state index contributed by atoms with van der Waals surface area (Å²) in [5.74, 6) is 0.221. The second-order valence-electron chi connectivity index (χ2n) is 6.27. The summed E-state index contributed by atoms with van der Waals surface area (Å²) in [4.78, 5) is 25.6. The Morgan fingerprint density at radius 2 is 1.72 bits per heavy atom. The molecular formula is C20H24N2O3. The lowest BCUT2D eigenvalue weighted by molar-refractivity contribution is -0.118. The number of hydrogen-bond donors (Lipinski definition) is 1. The molecule has 0 radical (unpaired) electrons. The SMILES string of the molecule is CC(=O)c1cccc(OCC(=O)Nc2c(C)cc(N(C)C)cc2C)c1. The summed E-state index contributed by atoms with van der Waals surface area (Å²) in [5, 5.41) is 2.90. The van der Waals surface area contributed by atoms with E-state index in [-0.39, 0.29) is 18.3 Å². The van der Waals surface area contributed by atoms with Crippen LogP contribution in [-0.4, -0.2) is 32.4 Å². The molecule has 0 bridgehead atoms. The van der Waals surface area contributed by atoms with Crippen molar-refractivity contribution in [1.82, 2.24) is 0 Å². The number of ether oxygens (including phenoxy) is 1. The van der Waals surface area contributed by atoms with Gasteiger partial charge in [0.25, 0.3) is 5.91 Å². The van der Waals surface area contributed by atoms with Gasteiger partial charge in [-0.3, -0.25) is 9.59 Å². The number of carbonyl (C=O) groups is 2. The van der Waals surface area contributed by atoms with Crippen molar-refractivity contribution >= 4 is 23.1 Å². The van der Waals surface area contributed by atoms with Crippen LogP contribution in [0.4, 0.5) is 11.4 Å². The third-order valence-corrected chi connectivity index (χ3v) is 3.91. The minimum atomic E-state index is -0.239. The summed E-state index contributed by atoms with van der Waals surface area (Å²) in [5.41, 5.74) is 4.44. The van der Waals surface area contributed by atoms with E-state index in [0.717, 1.165) is 22.5 Å². The monoisotopic (exact) mass is 340 g/mol. The topological polar surface area (TPSA) is 58.6 Å². The lowest BCUT2D eigenvalue weighted by atomic mass is 10.1. The van der Waals surface area contributed by atoms with Crippen LogP contribution in [0.3, 0.4) is 0 Å². The van der Waals surface area contributed by atoms with E-state index >= 15 is 0 Å². The van der Waals surface area contributed by atoms with Gasteiger partial charge in [0.2, 0.25) is 0 Å². The molecule has 0 heterocycles. The van der Waals surface area contributed by atoms with Gasteiger partial charge in [-0.05, 0) is 56.2 Å². The van der Waals surface area contributed by atoms with E-state index in [4.69, 9.17) is 4.74 Å². The number of anilines is 2. The summed E-state index contributed by atoms with van der Waals surface area (Å²) in [6.07, 6.45) is 0. The van der Waals surface area contributed by atoms with Crippen LogP contribution in [-0.2, 0) is 4.79 Å². The number of carbonyl (C=O) groups excluding carboxylic acids is 2. The quantitative estimate of drug-likeness (QED) is 0.817.